The monoisotopic (exact) mass is 263 g/mol. The van der Waals surface area contributed by atoms with Gasteiger partial charge in [-0.15, -0.1) is 0 Å². The summed E-state index contributed by atoms with van der Waals surface area (Å²) < 4.78 is 13.4. The van der Waals surface area contributed by atoms with Crippen molar-refractivity contribution < 1.29 is 4.39 Å². The Morgan fingerprint density at radius 3 is 1.95 bits per heavy atom. The van der Waals surface area contributed by atoms with Crippen LogP contribution in [0.15, 0.2) is 72.8 Å². The van der Waals surface area contributed by atoms with E-state index >= 15 is 0 Å². The molecular formula is C18H14FN. The molecule has 0 aromatic heterocycles. The minimum Gasteiger partial charge on any atom is -0.399 e. The molecule has 0 aliphatic rings. The van der Waals surface area contributed by atoms with Crippen LogP contribution in [0.4, 0.5) is 10.1 Å². The highest BCUT2D eigenvalue weighted by molar-refractivity contribution is 5.83. The second-order valence-electron chi connectivity index (χ2n) is 4.68. The lowest BCUT2D eigenvalue weighted by molar-refractivity contribution is 0.628. The molecule has 1 nitrogen and oxygen atoms in total. The van der Waals surface area contributed by atoms with Crippen LogP contribution in [-0.4, -0.2) is 0 Å². The van der Waals surface area contributed by atoms with Gasteiger partial charge in [0.15, 0.2) is 0 Å². The van der Waals surface area contributed by atoms with Crippen molar-refractivity contribution in [2.45, 2.75) is 0 Å². The maximum Gasteiger partial charge on any atom is 0.123 e. The summed E-state index contributed by atoms with van der Waals surface area (Å²) in [5.74, 6) is -0.227. The molecule has 3 aromatic rings. The lowest BCUT2D eigenvalue weighted by Gasteiger charge is -2.10. The number of nitrogen functional groups attached to an aromatic ring is 1. The summed E-state index contributed by atoms with van der Waals surface area (Å²) in [5.41, 5.74) is 10.5. The van der Waals surface area contributed by atoms with E-state index in [1.54, 1.807) is 12.1 Å². The molecule has 2 N–H and O–H groups in total. The molecule has 98 valence electrons. The standard InChI is InChI=1S/C18H14FN/c19-15-5-3-4-14(12-15)18-7-2-1-6-17(18)13-8-10-16(20)11-9-13/h1-12H,20H2. The first-order valence-corrected chi connectivity index (χ1v) is 6.45. The molecule has 0 spiro atoms. The van der Waals surface area contributed by atoms with Crippen molar-refractivity contribution in [3.8, 4) is 22.3 Å². The van der Waals surface area contributed by atoms with Gasteiger partial charge in [-0.2, -0.15) is 0 Å². The first-order chi connectivity index (χ1) is 9.74. The fourth-order valence-electron chi connectivity index (χ4n) is 2.31. The largest absolute Gasteiger partial charge is 0.399 e. The SMILES string of the molecule is Nc1ccc(-c2ccccc2-c2cccc(F)c2)cc1. The van der Waals surface area contributed by atoms with Gasteiger partial charge < -0.3 is 5.73 Å². The van der Waals surface area contributed by atoms with E-state index in [0.29, 0.717) is 0 Å². The smallest absolute Gasteiger partial charge is 0.123 e. The molecule has 0 aliphatic heterocycles. The molecule has 0 amide bonds. The second kappa shape index (κ2) is 5.17. The summed E-state index contributed by atoms with van der Waals surface area (Å²) in [4.78, 5) is 0. The number of benzene rings is 3. The Morgan fingerprint density at radius 1 is 0.650 bits per heavy atom. The first-order valence-electron chi connectivity index (χ1n) is 6.45. The maximum atomic E-state index is 13.4. The summed E-state index contributed by atoms with van der Waals surface area (Å²) in [6.45, 7) is 0. The maximum absolute atomic E-state index is 13.4. The van der Waals surface area contributed by atoms with Gasteiger partial charge in [-0.05, 0) is 46.5 Å². The average Bonchev–Trinajstić information content (AvgIpc) is 2.48. The van der Waals surface area contributed by atoms with Crippen molar-refractivity contribution in [2.75, 3.05) is 5.73 Å². The first kappa shape index (κ1) is 12.4. The predicted octanol–water partition coefficient (Wildman–Crippen LogP) is 4.74. The Kier molecular flexibility index (Phi) is 3.21. The Morgan fingerprint density at radius 2 is 1.30 bits per heavy atom. The van der Waals surface area contributed by atoms with Crippen LogP contribution in [0.5, 0.6) is 0 Å². The van der Waals surface area contributed by atoms with E-state index in [0.717, 1.165) is 27.9 Å². The summed E-state index contributed by atoms with van der Waals surface area (Å²) in [6, 6.07) is 22.3. The molecule has 0 heterocycles. The molecule has 0 aliphatic carbocycles. The number of nitrogens with two attached hydrogens (primary N) is 1. The van der Waals surface area contributed by atoms with Crippen molar-refractivity contribution in [1.82, 2.24) is 0 Å². The zero-order chi connectivity index (χ0) is 13.9. The summed E-state index contributed by atoms with van der Waals surface area (Å²) in [5, 5.41) is 0. The fraction of sp³-hybridized carbons (Fsp3) is 0. The lowest BCUT2D eigenvalue weighted by Crippen LogP contribution is -1.87. The van der Waals surface area contributed by atoms with Crippen molar-refractivity contribution >= 4 is 5.69 Å². The van der Waals surface area contributed by atoms with Crippen LogP contribution in [0.1, 0.15) is 0 Å². The fourth-order valence-corrected chi connectivity index (χ4v) is 2.31. The number of rotatable bonds is 2. The highest BCUT2D eigenvalue weighted by Crippen LogP contribution is 2.32. The Labute approximate surface area is 117 Å². The third kappa shape index (κ3) is 2.41. The van der Waals surface area contributed by atoms with Crippen LogP contribution in [-0.2, 0) is 0 Å². The third-order valence-corrected chi connectivity index (χ3v) is 3.28. The van der Waals surface area contributed by atoms with Gasteiger partial charge in [-0.3, -0.25) is 0 Å². The number of hydrogen-bond acceptors (Lipinski definition) is 1. The summed E-state index contributed by atoms with van der Waals surface area (Å²) in [6.07, 6.45) is 0. The van der Waals surface area contributed by atoms with Gasteiger partial charge in [0.25, 0.3) is 0 Å². The molecule has 3 aromatic carbocycles. The van der Waals surface area contributed by atoms with Crippen LogP contribution < -0.4 is 5.73 Å². The second-order valence-corrected chi connectivity index (χ2v) is 4.68. The molecule has 2 heteroatoms. The van der Waals surface area contributed by atoms with E-state index in [-0.39, 0.29) is 5.82 Å². The topological polar surface area (TPSA) is 26.0 Å². The highest BCUT2D eigenvalue weighted by atomic mass is 19.1. The zero-order valence-electron chi connectivity index (χ0n) is 10.9. The Balaban J connectivity index is 2.16. The van der Waals surface area contributed by atoms with Gasteiger partial charge in [-0.25, -0.2) is 4.39 Å². The molecule has 0 fully saturated rings. The normalized spacial score (nSPS) is 10.4. The molecule has 0 bridgehead atoms. The average molecular weight is 263 g/mol. The van der Waals surface area contributed by atoms with Crippen molar-refractivity contribution in [3.63, 3.8) is 0 Å². The predicted molar refractivity (Wildman–Crippen MR) is 81.7 cm³/mol. The van der Waals surface area contributed by atoms with Crippen molar-refractivity contribution in [2.24, 2.45) is 0 Å². The van der Waals surface area contributed by atoms with Crippen LogP contribution in [0.25, 0.3) is 22.3 Å². The van der Waals surface area contributed by atoms with Gasteiger partial charge >= 0.3 is 0 Å². The molecule has 3 rings (SSSR count). The van der Waals surface area contributed by atoms with Crippen LogP contribution in [0.2, 0.25) is 0 Å². The van der Waals surface area contributed by atoms with E-state index in [2.05, 4.69) is 0 Å². The number of anilines is 1. The van der Waals surface area contributed by atoms with Crippen molar-refractivity contribution in [3.05, 3.63) is 78.6 Å². The van der Waals surface area contributed by atoms with E-state index in [4.69, 9.17) is 5.73 Å². The van der Waals surface area contributed by atoms with E-state index in [1.165, 1.54) is 6.07 Å². The quantitative estimate of drug-likeness (QED) is 0.664. The van der Waals surface area contributed by atoms with E-state index in [9.17, 15) is 4.39 Å². The summed E-state index contributed by atoms with van der Waals surface area (Å²) in [7, 11) is 0. The highest BCUT2D eigenvalue weighted by Gasteiger charge is 2.07. The molecule has 20 heavy (non-hydrogen) atoms. The van der Waals surface area contributed by atoms with Crippen molar-refractivity contribution in [1.29, 1.82) is 0 Å². The minimum atomic E-state index is -0.227. The van der Waals surface area contributed by atoms with E-state index in [1.807, 2.05) is 54.6 Å². The van der Waals surface area contributed by atoms with Crippen LogP contribution >= 0.6 is 0 Å². The van der Waals surface area contributed by atoms with Crippen LogP contribution in [0.3, 0.4) is 0 Å². The molecular weight excluding hydrogens is 249 g/mol. The van der Waals surface area contributed by atoms with Gasteiger partial charge in [0.05, 0.1) is 0 Å². The Hall–Kier alpha value is -2.61. The summed E-state index contributed by atoms with van der Waals surface area (Å²) >= 11 is 0. The Bertz CT molecular complexity index is 732. The molecule has 0 saturated carbocycles. The number of hydrogen-bond donors (Lipinski definition) is 1. The third-order valence-electron chi connectivity index (χ3n) is 3.28. The molecule has 0 radical (unpaired) electrons. The molecule has 0 atom stereocenters. The van der Waals surface area contributed by atoms with Gasteiger partial charge in [0.2, 0.25) is 0 Å². The van der Waals surface area contributed by atoms with Crippen LogP contribution in [0, 0.1) is 5.82 Å². The zero-order valence-corrected chi connectivity index (χ0v) is 10.9. The minimum absolute atomic E-state index is 0.227. The van der Waals surface area contributed by atoms with Gasteiger partial charge in [-0.1, -0.05) is 48.5 Å². The molecule has 0 unspecified atom stereocenters. The number of halogens is 1. The lowest BCUT2D eigenvalue weighted by atomic mass is 9.94. The van der Waals surface area contributed by atoms with Gasteiger partial charge in [0, 0.05) is 5.69 Å². The van der Waals surface area contributed by atoms with Gasteiger partial charge in [0.1, 0.15) is 5.82 Å². The van der Waals surface area contributed by atoms with E-state index < -0.39 is 0 Å². The molecule has 0 saturated heterocycles.